The van der Waals surface area contributed by atoms with Crippen molar-refractivity contribution in [1.29, 1.82) is 0 Å². The summed E-state index contributed by atoms with van der Waals surface area (Å²) in [5.41, 5.74) is 0. The van der Waals surface area contributed by atoms with Gasteiger partial charge in [-0.05, 0) is 6.42 Å². The van der Waals surface area contributed by atoms with E-state index in [1.54, 1.807) is 0 Å². The number of hydrogen-bond donors (Lipinski definition) is 3. The van der Waals surface area contributed by atoms with Crippen molar-refractivity contribution < 1.29 is 38.2 Å². The molecule has 2 saturated heterocycles. The Hall–Kier alpha value is -0.0500. The molecular formula is C20H39O8P. The Morgan fingerprint density at radius 3 is 2.03 bits per heavy atom. The minimum atomic E-state index is -4.20. The molecule has 2 rings (SSSR count). The molecule has 6 atom stereocenters. The molecular weight excluding hydrogens is 399 g/mol. The van der Waals surface area contributed by atoms with Crippen LogP contribution in [0, 0.1) is 0 Å². The van der Waals surface area contributed by atoms with Gasteiger partial charge < -0.3 is 24.6 Å². The zero-order chi connectivity index (χ0) is 21.1. The molecule has 2 fully saturated rings. The Bertz CT molecular complexity index is 489. The van der Waals surface area contributed by atoms with Crippen LogP contribution in [0.3, 0.4) is 0 Å². The third kappa shape index (κ3) is 8.91. The monoisotopic (exact) mass is 438 g/mol. The summed E-state index contributed by atoms with van der Waals surface area (Å²) in [4.78, 5) is 9.35. The second kappa shape index (κ2) is 13.4. The van der Waals surface area contributed by atoms with Gasteiger partial charge in [0.05, 0.1) is 6.61 Å². The molecule has 0 aromatic heterocycles. The second-order valence-corrected chi connectivity index (χ2v) is 9.52. The first kappa shape index (κ1) is 25.2. The summed E-state index contributed by atoms with van der Waals surface area (Å²) in [5.74, 6) is 0. The van der Waals surface area contributed by atoms with Gasteiger partial charge in [0.1, 0.15) is 24.4 Å². The standard InChI is InChI=1S/C20H39O8P/c1-2-3-4-5-6-7-8-9-10-11-12-13-14-25-20-18(22)17(21)19-16(27-20)15-26-29(23,24)28-19/h16-22H,2-15H2,1H3,(H,23,24)/t16-,17-,18-,19-,20+/m1/s1. The summed E-state index contributed by atoms with van der Waals surface area (Å²) in [5, 5.41) is 20.3. The van der Waals surface area contributed by atoms with Gasteiger partial charge in [-0.1, -0.05) is 77.6 Å². The van der Waals surface area contributed by atoms with Gasteiger partial charge in [-0.2, -0.15) is 0 Å². The van der Waals surface area contributed by atoms with Crippen LogP contribution in [0.4, 0.5) is 0 Å². The number of hydrogen-bond acceptors (Lipinski definition) is 7. The van der Waals surface area contributed by atoms with Crippen LogP contribution < -0.4 is 0 Å². The van der Waals surface area contributed by atoms with Crippen LogP contribution in [0.5, 0.6) is 0 Å². The van der Waals surface area contributed by atoms with Crippen LogP contribution in [0.2, 0.25) is 0 Å². The fourth-order valence-corrected chi connectivity index (χ4v) is 4.77. The van der Waals surface area contributed by atoms with Gasteiger partial charge in [0.15, 0.2) is 6.29 Å². The Balaban J connectivity index is 1.49. The molecule has 0 amide bonds. The predicted octanol–water partition coefficient (Wildman–Crippen LogP) is 3.67. The number of aliphatic hydroxyl groups is 2. The van der Waals surface area contributed by atoms with Gasteiger partial charge in [0.2, 0.25) is 0 Å². The molecule has 0 aromatic carbocycles. The number of phosphoric acid groups is 1. The van der Waals surface area contributed by atoms with E-state index in [4.69, 9.17) is 18.5 Å². The molecule has 172 valence electrons. The van der Waals surface area contributed by atoms with Crippen molar-refractivity contribution in [3.05, 3.63) is 0 Å². The van der Waals surface area contributed by atoms with Crippen molar-refractivity contribution in [2.75, 3.05) is 13.2 Å². The van der Waals surface area contributed by atoms with E-state index < -0.39 is 38.5 Å². The number of unbranched alkanes of at least 4 members (excludes halogenated alkanes) is 11. The van der Waals surface area contributed by atoms with E-state index in [0.29, 0.717) is 6.61 Å². The molecule has 0 bridgehead atoms. The van der Waals surface area contributed by atoms with E-state index in [-0.39, 0.29) is 6.61 Å². The zero-order valence-electron chi connectivity index (χ0n) is 17.6. The van der Waals surface area contributed by atoms with Crippen LogP contribution >= 0.6 is 7.82 Å². The van der Waals surface area contributed by atoms with Crippen molar-refractivity contribution in [3.63, 3.8) is 0 Å². The summed E-state index contributed by atoms with van der Waals surface area (Å²) in [6, 6.07) is 0. The lowest BCUT2D eigenvalue weighted by Crippen LogP contribution is -2.61. The quantitative estimate of drug-likeness (QED) is 0.278. The highest BCUT2D eigenvalue weighted by Gasteiger charge is 2.51. The number of aliphatic hydroxyl groups excluding tert-OH is 2. The summed E-state index contributed by atoms with van der Waals surface area (Å²) >= 11 is 0. The zero-order valence-corrected chi connectivity index (χ0v) is 18.5. The van der Waals surface area contributed by atoms with E-state index in [0.717, 1.165) is 19.3 Å². The molecule has 8 nitrogen and oxygen atoms in total. The average Bonchev–Trinajstić information content (AvgIpc) is 2.69. The SMILES string of the molecule is CCCCCCCCCCCCCCO[C@H]1O[C@@H]2COP(=O)(O)O[C@H]2[C@H](O)[C@H]1O. The van der Waals surface area contributed by atoms with Gasteiger partial charge in [-0.25, -0.2) is 4.57 Å². The Kier molecular flexibility index (Phi) is 11.6. The van der Waals surface area contributed by atoms with Crippen LogP contribution in [-0.4, -0.2) is 59.0 Å². The Morgan fingerprint density at radius 2 is 1.45 bits per heavy atom. The normalized spacial score (nSPS) is 34.8. The minimum Gasteiger partial charge on any atom is -0.387 e. The number of rotatable bonds is 14. The Morgan fingerprint density at radius 1 is 0.897 bits per heavy atom. The molecule has 29 heavy (non-hydrogen) atoms. The molecule has 1 unspecified atom stereocenters. The van der Waals surface area contributed by atoms with E-state index in [2.05, 4.69) is 6.92 Å². The van der Waals surface area contributed by atoms with Crippen LogP contribution in [0.15, 0.2) is 0 Å². The first-order valence-electron chi connectivity index (χ1n) is 11.2. The highest BCUT2D eigenvalue weighted by atomic mass is 31.2. The van der Waals surface area contributed by atoms with E-state index >= 15 is 0 Å². The number of fused-ring (bicyclic) bond motifs is 1. The molecule has 2 aliphatic rings. The molecule has 2 aliphatic heterocycles. The Labute approximate surface area is 174 Å². The van der Waals surface area contributed by atoms with Crippen LogP contribution in [0.1, 0.15) is 84.0 Å². The van der Waals surface area contributed by atoms with E-state index in [1.807, 2.05) is 0 Å². The van der Waals surface area contributed by atoms with E-state index in [1.165, 1.54) is 57.8 Å². The highest BCUT2D eigenvalue weighted by Crippen LogP contribution is 2.50. The van der Waals surface area contributed by atoms with Crippen LogP contribution in [0.25, 0.3) is 0 Å². The maximum atomic E-state index is 11.5. The largest absolute Gasteiger partial charge is 0.472 e. The van der Waals surface area contributed by atoms with Gasteiger partial charge >= 0.3 is 7.82 Å². The summed E-state index contributed by atoms with van der Waals surface area (Å²) in [7, 11) is -4.20. The molecule has 0 aromatic rings. The fraction of sp³-hybridized carbons (Fsp3) is 1.00. The smallest absolute Gasteiger partial charge is 0.387 e. The summed E-state index contributed by atoms with van der Waals surface area (Å²) in [6.45, 7) is 2.47. The molecule has 2 heterocycles. The maximum absolute atomic E-state index is 11.5. The van der Waals surface area contributed by atoms with Gasteiger partial charge in [-0.3, -0.25) is 9.05 Å². The van der Waals surface area contributed by atoms with E-state index in [9.17, 15) is 19.7 Å². The minimum absolute atomic E-state index is 0.194. The third-order valence-electron chi connectivity index (χ3n) is 5.58. The lowest BCUT2D eigenvalue weighted by atomic mass is 9.99. The van der Waals surface area contributed by atoms with Gasteiger partial charge in [-0.15, -0.1) is 0 Å². The highest BCUT2D eigenvalue weighted by molar-refractivity contribution is 7.47. The number of phosphoric ester groups is 1. The lowest BCUT2D eigenvalue weighted by Gasteiger charge is -2.44. The third-order valence-corrected chi connectivity index (χ3v) is 6.56. The van der Waals surface area contributed by atoms with Crippen molar-refractivity contribution >= 4 is 7.82 Å². The first-order chi connectivity index (χ1) is 13.9. The number of ether oxygens (including phenoxy) is 2. The second-order valence-electron chi connectivity index (χ2n) is 8.12. The molecule has 0 aliphatic carbocycles. The molecule has 0 radical (unpaired) electrons. The fourth-order valence-electron chi connectivity index (χ4n) is 3.80. The molecule has 9 heteroatoms. The summed E-state index contributed by atoms with van der Waals surface area (Å²) in [6.07, 6.45) is 9.42. The predicted molar refractivity (Wildman–Crippen MR) is 108 cm³/mol. The van der Waals surface area contributed by atoms with Crippen molar-refractivity contribution in [2.24, 2.45) is 0 Å². The lowest BCUT2D eigenvalue weighted by molar-refractivity contribution is -0.305. The average molecular weight is 438 g/mol. The maximum Gasteiger partial charge on any atom is 0.472 e. The topological polar surface area (TPSA) is 115 Å². The molecule has 3 N–H and O–H groups in total. The van der Waals surface area contributed by atoms with Gasteiger partial charge in [0, 0.05) is 6.61 Å². The van der Waals surface area contributed by atoms with Crippen molar-refractivity contribution in [3.8, 4) is 0 Å². The molecule has 0 spiro atoms. The summed E-state index contributed by atoms with van der Waals surface area (Å²) < 4.78 is 32.1. The van der Waals surface area contributed by atoms with Crippen molar-refractivity contribution in [2.45, 2.75) is 115 Å². The van der Waals surface area contributed by atoms with Crippen molar-refractivity contribution in [1.82, 2.24) is 0 Å². The first-order valence-corrected chi connectivity index (χ1v) is 12.7. The van der Waals surface area contributed by atoms with Crippen LogP contribution in [-0.2, 0) is 23.1 Å². The van der Waals surface area contributed by atoms with Gasteiger partial charge in [0.25, 0.3) is 0 Å². The molecule has 0 saturated carbocycles.